The number of ether oxygens (including phenoxy) is 1. The number of carbonyl (C=O) groups is 1. The SMILES string of the molecule is O=C(c1ccccc1)c1ccc(OCC(O)Cn2c(=O)[nH]c(=O)[nH]c2=O)cc1. The van der Waals surface area contributed by atoms with Gasteiger partial charge in [-0.1, -0.05) is 30.3 Å². The quantitative estimate of drug-likeness (QED) is 0.488. The van der Waals surface area contributed by atoms with E-state index in [-0.39, 0.29) is 18.9 Å². The minimum absolute atomic E-state index is 0.121. The molecule has 9 heteroatoms. The van der Waals surface area contributed by atoms with Crippen molar-refractivity contribution >= 4 is 5.78 Å². The zero-order valence-corrected chi connectivity index (χ0v) is 14.6. The molecule has 3 aromatic rings. The number of aliphatic hydroxyl groups is 1. The second-order valence-corrected chi connectivity index (χ2v) is 5.98. The molecule has 2 aromatic carbocycles. The van der Waals surface area contributed by atoms with Gasteiger partial charge in [0.2, 0.25) is 0 Å². The lowest BCUT2D eigenvalue weighted by molar-refractivity contribution is 0.0898. The lowest BCUT2D eigenvalue weighted by Gasteiger charge is -2.13. The third-order valence-electron chi connectivity index (χ3n) is 3.92. The summed E-state index contributed by atoms with van der Waals surface area (Å²) in [6.45, 7) is -0.549. The van der Waals surface area contributed by atoms with Crippen LogP contribution in [0.2, 0.25) is 0 Å². The minimum atomic E-state index is -1.17. The topological polar surface area (TPSA) is 134 Å². The molecule has 0 bridgehead atoms. The normalized spacial score (nSPS) is 11.8. The number of hydrogen-bond donors (Lipinski definition) is 3. The van der Waals surface area contributed by atoms with Crippen LogP contribution in [-0.4, -0.2) is 38.1 Å². The van der Waals surface area contributed by atoms with Gasteiger partial charge in [-0.05, 0) is 24.3 Å². The number of ketones is 1. The van der Waals surface area contributed by atoms with Crippen molar-refractivity contribution in [2.24, 2.45) is 0 Å². The monoisotopic (exact) mass is 383 g/mol. The lowest BCUT2D eigenvalue weighted by atomic mass is 10.0. The van der Waals surface area contributed by atoms with Gasteiger partial charge in [0.05, 0.1) is 6.54 Å². The summed E-state index contributed by atoms with van der Waals surface area (Å²) in [6.07, 6.45) is -1.17. The Morgan fingerprint density at radius 2 is 1.50 bits per heavy atom. The molecule has 0 radical (unpaired) electrons. The Kier molecular flexibility index (Phi) is 5.66. The number of rotatable bonds is 7. The molecule has 0 spiro atoms. The molecule has 28 heavy (non-hydrogen) atoms. The summed E-state index contributed by atoms with van der Waals surface area (Å²) < 4.78 is 6.09. The Balaban J connectivity index is 1.61. The van der Waals surface area contributed by atoms with E-state index in [1.807, 2.05) is 16.0 Å². The number of nitrogens with zero attached hydrogens (tertiary/aromatic N) is 1. The Bertz CT molecular complexity index is 1090. The number of aromatic amines is 2. The van der Waals surface area contributed by atoms with E-state index in [9.17, 15) is 24.3 Å². The summed E-state index contributed by atoms with van der Waals surface area (Å²) in [5.74, 6) is 0.287. The number of aromatic nitrogens is 3. The van der Waals surface area contributed by atoms with Gasteiger partial charge in [-0.3, -0.25) is 14.8 Å². The van der Waals surface area contributed by atoms with Gasteiger partial charge in [-0.25, -0.2) is 19.0 Å². The Morgan fingerprint density at radius 1 is 0.929 bits per heavy atom. The highest BCUT2D eigenvalue weighted by atomic mass is 16.5. The molecule has 3 rings (SSSR count). The van der Waals surface area contributed by atoms with Gasteiger partial charge in [-0.2, -0.15) is 0 Å². The van der Waals surface area contributed by atoms with Crippen molar-refractivity contribution < 1.29 is 14.6 Å². The Morgan fingerprint density at radius 3 is 2.11 bits per heavy atom. The second kappa shape index (κ2) is 8.31. The van der Waals surface area contributed by atoms with Gasteiger partial charge in [0.25, 0.3) is 0 Å². The fraction of sp³-hybridized carbons (Fsp3) is 0.158. The van der Waals surface area contributed by atoms with Crippen LogP contribution in [0.5, 0.6) is 5.75 Å². The highest BCUT2D eigenvalue weighted by Crippen LogP contribution is 2.15. The Hall–Kier alpha value is -3.72. The molecule has 0 aliphatic carbocycles. The number of aliphatic hydroxyl groups excluding tert-OH is 1. The first-order chi connectivity index (χ1) is 13.4. The maximum absolute atomic E-state index is 12.3. The van der Waals surface area contributed by atoms with E-state index in [1.165, 1.54) is 0 Å². The van der Waals surface area contributed by atoms with Gasteiger partial charge in [0.1, 0.15) is 18.5 Å². The number of hydrogen-bond acceptors (Lipinski definition) is 6. The van der Waals surface area contributed by atoms with Crippen LogP contribution in [0.1, 0.15) is 15.9 Å². The summed E-state index contributed by atoms with van der Waals surface area (Å²) in [4.78, 5) is 50.3. The number of nitrogens with one attached hydrogen (secondary N) is 2. The standard InChI is InChI=1S/C19H17N3O6/c23-14(10-22-18(26)20-17(25)21-19(22)27)11-28-15-8-6-13(7-9-15)16(24)12-4-2-1-3-5-12/h1-9,14,23H,10-11H2,(H2,20,21,25,26,27). The summed E-state index contributed by atoms with van der Waals surface area (Å²) in [5.41, 5.74) is -1.69. The molecule has 0 amide bonds. The van der Waals surface area contributed by atoms with Gasteiger partial charge in [0, 0.05) is 11.1 Å². The molecule has 1 unspecified atom stereocenters. The molecule has 9 nitrogen and oxygen atoms in total. The third kappa shape index (κ3) is 4.51. The van der Waals surface area contributed by atoms with E-state index in [0.29, 0.717) is 21.4 Å². The first-order valence-corrected chi connectivity index (χ1v) is 8.38. The molecule has 0 saturated heterocycles. The fourth-order valence-electron chi connectivity index (χ4n) is 2.53. The predicted octanol–water partition coefficient (Wildman–Crippen LogP) is -0.104. The first-order valence-electron chi connectivity index (χ1n) is 8.38. The summed E-state index contributed by atoms with van der Waals surface area (Å²) in [7, 11) is 0. The van der Waals surface area contributed by atoms with Crippen molar-refractivity contribution in [3.8, 4) is 5.75 Å². The molecule has 0 aliphatic heterocycles. The van der Waals surface area contributed by atoms with E-state index in [4.69, 9.17) is 4.74 Å². The van der Waals surface area contributed by atoms with Gasteiger partial charge >= 0.3 is 17.1 Å². The Labute approximate surface area is 157 Å². The van der Waals surface area contributed by atoms with Crippen LogP contribution in [0, 0.1) is 0 Å². The van der Waals surface area contributed by atoms with Crippen LogP contribution in [0.4, 0.5) is 0 Å². The number of benzene rings is 2. The van der Waals surface area contributed by atoms with Crippen molar-refractivity contribution in [2.45, 2.75) is 12.6 Å². The molecule has 1 heterocycles. The van der Waals surface area contributed by atoms with Crippen molar-refractivity contribution in [3.63, 3.8) is 0 Å². The van der Waals surface area contributed by atoms with E-state index >= 15 is 0 Å². The average molecular weight is 383 g/mol. The van der Waals surface area contributed by atoms with Crippen LogP contribution in [0.3, 0.4) is 0 Å². The van der Waals surface area contributed by atoms with Crippen LogP contribution < -0.4 is 21.8 Å². The number of carbonyl (C=O) groups excluding carboxylic acids is 1. The van der Waals surface area contributed by atoms with Crippen LogP contribution in [0.15, 0.2) is 69.0 Å². The average Bonchev–Trinajstić information content (AvgIpc) is 2.69. The third-order valence-corrected chi connectivity index (χ3v) is 3.92. The zero-order valence-electron chi connectivity index (χ0n) is 14.6. The van der Waals surface area contributed by atoms with E-state index < -0.39 is 23.2 Å². The van der Waals surface area contributed by atoms with Crippen molar-refractivity contribution in [1.29, 1.82) is 0 Å². The van der Waals surface area contributed by atoms with E-state index in [1.54, 1.807) is 48.5 Å². The fourth-order valence-corrected chi connectivity index (χ4v) is 2.53. The van der Waals surface area contributed by atoms with Crippen LogP contribution >= 0.6 is 0 Å². The highest BCUT2D eigenvalue weighted by Gasteiger charge is 2.12. The number of H-pyrrole nitrogens is 2. The largest absolute Gasteiger partial charge is 0.491 e. The molecule has 1 aromatic heterocycles. The molecule has 3 N–H and O–H groups in total. The van der Waals surface area contributed by atoms with Gasteiger partial charge < -0.3 is 9.84 Å². The van der Waals surface area contributed by atoms with Crippen molar-refractivity contribution in [3.05, 3.63) is 97.2 Å². The van der Waals surface area contributed by atoms with E-state index in [0.717, 1.165) is 0 Å². The van der Waals surface area contributed by atoms with Crippen molar-refractivity contribution in [2.75, 3.05) is 6.61 Å². The van der Waals surface area contributed by atoms with Crippen molar-refractivity contribution in [1.82, 2.24) is 14.5 Å². The molecular formula is C19H17N3O6. The molecule has 0 fully saturated rings. The van der Waals surface area contributed by atoms with Gasteiger partial charge in [0.15, 0.2) is 5.78 Å². The highest BCUT2D eigenvalue weighted by molar-refractivity contribution is 6.08. The van der Waals surface area contributed by atoms with Gasteiger partial charge in [-0.15, -0.1) is 0 Å². The molecule has 144 valence electrons. The maximum Gasteiger partial charge on any atom is 0.333 e. The molecular weight excluding hydrogens is 366 g/mol. The first kappa shape index (κ1) is 19.1. The van der Waals surface area contributed by atoms with Crippen LogP contribution in [0.25, 0.3) is 0 Å². The zero-order chi connectivity index (χ0) is 20.1. The summed E-state index contributed by atoms with van der Waals surface area (Å²) in [5, 5.41) is 9.99. The second-order valence-electron chi connectivity index (χ2n) is 5.98. The predicted molar refractivity (Wildman–Crippen MR) is 99.8 cm³/mol. The maximum atomic E-state index is 12.3. The smallest absolute Gasteiger partial charge is 0.333 e. The van der Waals surface area contributed by atoms with Crippen LogP contribution in [-0.2, 0) is 6.54 Å². The minimum Gasteiger partial charge on any atom is -0.491 e. The molecule has 1 atom stereocenters. The summed E-state index contributed by atoms with van der Waals surface area (Å²) >= 11 is 0. The lowest BCUT2D eigenvalue weighted by Crippen LogP contribution is -2.45. The van der Waals surface area contributed by atoms with E-state index in [2.05, 4.69) is 0 Å². The molecule has 0 saturated carbocycles. The summed E-state index contributed by atoms with van der Waals surface area (Å²) in [6, 6.07) is 15.2. The molecule has 0 aliphatic rings.